The van der Waals surface area contributed by atoms with E-state index in [1.54, 1.807) is 11.8 Å². The van der Waals surface area contributed by atoms with Gasteiger partial charge in [0, 0.05) is 13.1 Å². The number of rotatable bonds is 3. The van der Waals surface area contributed by atoms with E-state index in [1.807, 2.05) is 18.2 Å². The minimum atomic E-state index is -0.990. The monoisotopic (exact) mass is 276 g/mol. The fraction of sp³-hybridized carbons (Fsp3) is 0.467. The summed E-state index contributed by atoms with van der Waals surface area (Å²) in [6.07, 6.45) is 2.23. The number of carboxylic acid groups (broad SMARTS) is 1. The van der Waals surface area contributed by atoms with Gasteiger partial charge in [0.2, 0.25) is 0 Å². The number of benzene rings is 1. The third-order valence-electron chi connectivity index (χ3n) is 3.65. The Hall–Kier alpha value is -2.04. The fourth-order valence-electron chi connectivity index (χ4n) is 2.45. The van der Waals surface area contributed by atoms with Crippen LogP contribution in [-0.2, 0) is 17.8 Å². The molecule has 0 spiro atoms. The molecule has 0 bridgehead atoms. The lowest BCUT2D eigenvalue weighted by Crippen LogP contribution is -2.47. The zero-order chi connectivity index (χ0) is 14.5. The molecule has 108 valence electrons. The molecule has 1 atom stereocenters. The van der Waals surface area contributed by atoms with E-state index < -0.39 is 12.0 Å². The lowest BCUT2D eigenvalue weighted by Gasteiger charge is -2.23. The zero-order valence-electron chi connectivity index (χ0n) is 11.6. The second-order valence-corrected chi connectivity index (χ2v) is 5.04. The van der Waals surface area contributed by atoms with Gasteiger partial charge in [0.1, 0.15) is 6.04 Å². The molecular weight excluding hydrogens is 256 g/mol. The summed E-state index contributed by atoms with van der Waals surface area (Å²) >= 11 is 0. The maximum atomic E-state index is 12.2. The average molecular weight is 276 g/mol. The molecule has 1 aromatic rings. The molecular formula is C15H20N2O3. The van der Waals surface area contributed by atoms with Crippen LogP contribution in [0.15, 0.2) is 24.3 Å². The van der Waals surface area contributed by atoms with Crippen LogP contribution < -0.4 is 5.32 Å². The van der Waals surface area contributed by atoms with E-state index in [0.29, 0.717) is 19.5 Å². The van der Waals surface area contributed by atoms with Gasteiger partial charge in [0.15, 0.2) is 0 Å². The lowest BCUT2D eigenvalue weighted by molar-refractivity contribution is -0.139. The number of nitrogens with one attached hydrogen (secondary N) is 1. The van der Waals surface area contributed by atoms with Crippen LogP contribution in [0.1, 0.15) is 30.9 Å². The van der Waals surface area contributed by atoms with Crippen molar-refractivity contribution in [3.63, 3.8) is 0 Å². The Bertz CT molecular complexity index is 502. The van der Waals surface area contributed by atoms with Crippen LogP contribution in [0.4, 0.5) is 4.79 Å². The van der Waals surface area contributed by atoms with Crippen molar-refractivity contribution < 1.29 is 14.7 Å². The van der Waals surface area contributed by atoms with Gasteiger partial charge in [-0.15, -0.1) is 0 Å². The van der Waals surface area contributed by atoms with E-state index >= 15 is 0 Å². The third kappa shape index (κ3) is 3.29. The molecule has 20 heavy (non-hydrogen) atoms. The van der Waals surface area contributed by atoms with Gasteiger partial charge in [0.05, 0.1) is 0 Å². The van der Waals surface area contributed by atoms with Crippen LogP contribution in [0.2, 0.25) is 0 Å². The van der Waals surface area contributed by atoms with Crippen molar-refractivity contribution in [2.75, 3.05) is 6.54 Å². The van der Waals surface area contributed by atoms with Crippen LogP contribution in [-0.4, -0.2) is 34.6 Å². The molecule has 2 rings (SSSR count). The van der Waals surface area contributed by atoms with Crippen molar-refractivity contribution in [3.05, 3.63) is 35.4 Å². The summed E-state index contributed by atoms with van der Waals surface area (Å²) in [6, 6.07) is 6.97. The summed E-state index contributed by atoms with van der Waals surface area (Å²) < 4.78 is 0. The first kappa shape index (κ1) is 14.4. The van der Waals surface area contributed by atoms with Crippen LogP contribution in [0, 0.1) is 0 Å². The lowest BCUT2D eigenvalue weighted by atomic mass is 10.0. The zero-order valence-corrected chi connectivity index (χ0v) is 11.6. The second kappa shape index (κ2) is 6.41. The van der Waals surface area contributed by atoms with E-state index in [2.05, 4.69) is 11.4 Å². The Labute approximate surface area is 118 Å². The summed E-state index contributed by atoms with van der Waals surface area (Å²) in [5.41, 5.74) is 2.41. The van der Waals surface area contributed by atoms with Gasteiger partial charge in [-0.2, -0.15) is 0 Å². The number of urea groups is 1. The van der Waals surface area contributed by atoms with Gasteiger partial charge in [-0.05, 0) is 30.4 Å². The molecule has 1 unspecified atom stereocenters. The van der Waals surface area contributed by atoms with E-state index in [4.69, 9.17) is 5.11 Å². The highest BCUT2D eigenvalue weighted by Gasteiger charge is 2.23. The summed E-state index contributed by atoms with van der Waals surface area (Å²) in [5.74, 6) is -0.990. The predicted molar refractivity (Wildman–Crippen MR) is 75.4 cm³/mol. The van der Waals surface area contributed by atoms with Gasteiger partial charge in [-0.25, -0.2) is 9.59 Å². The van der Waals surface area contributed by atoms with E-state index in [9.17, 15) is 9.59 Å². The topological polar surface area (TPSA) is 69.6 Å². The van der Waals surface area contributed by atoms with Crippen molar-refractivity contribution in [1.29, 1.82) is 0 Å². The van der Waals surface area contributed by atoms with E-state index in [-0.39, 0.29) is 6.03 Å². The van der Waals surface area contributed by atoms with Crippen molar-refractivity contribution in [3.8, 4) is 0 Å². The van der Waals surface area contributed by atoms with Gasteiger partial charge < -0.3 is 15.3 Å². The van der Waals surface area contributed by atoms with Crippen molar-refractivity contribution in [1.82, 2.24) is 10.2 Å². The summed E-state index contributed by atoms with van der Waals surface area (Å²) in [5, 5.41) is 11.6. The number of aliphatic carboxylic acids is 1. The first-order valence-corrected chi connectivity index (χ1v) is 6.97. The highest BCUT2D eigenvalue weighted by atomic mass is 16.4. The summed E-state index contributed by atoms with van der Waals surface area (Å²) in [4.78, 5) is 24.9. The Kier molecular flexibility index (Phi) is 4.61. The highest BCUT2D eigenvalue weighted by Crippen LogP contribution is 2.18. The molecule has 1 aromatic carbocycles. The number of carbonyl (C=O) groups is 2. The van der Waals surface area contributed by atoms with Crippen LogP contribution in [0.25, 0.3) is 0 Å². The van der Waals surface area contributed by atoms with E-state index in [1.165, 1.54) is 5.56 Å². The molecule has 0 aromatic heterocycles. The van der Waals surface area contributed by atoms with Crippen molar-refractivity contribution >= 4 is 12.0 Å². The maximum Gasteiger partial charge on any atom is 0.326 e. The van der Waals surface area contributed by atoms with Crippen LogP contribution in [0.3, 0.4) is 0 Å². The van der Waals surface area contributed by atoms with Gasteiger partial charge in [-0.3, -0.25) is 0 Å². The third-order valence-corrected chi connectivity index (χ3v) is 3.65. The maximum absolute atomic E-state index is 12.2. The van der Waals surface area contributed by atoms with Crippen molar-refractivity contribution in [2.24, 2.45) is 0 Å². The molecule has 5 heteroatoms. The predicted octanol–water partition coefficient (Wildman–Crippen LogP) is 2.01. The molecule has 2 amide bonds. The molecule has 0 saturated heterocycles. The van der Waals surface area contributed by atoms with Gasteiger partial charge >= 0.3 is 12.0 Å². The largest absolute Gasteiger partial charge is 0.480 e. The molecule has 0 saturated carbocycles. The summed E-state index contributed by atoms with van der Waals surface area (Å²) in [6.45, 7) is 2.94. The number of carboxylic acids is 1. The Morgan fingerprint density at radius 3 is 2.70 bits per heavy atom. The standard InChI is InChI=1S/C15H20N2O3/c1-2-13(14(18)19)16-15(20)17-9-5-8-11-6-3-4-7-12(11)10-17/h3-4,6-7,13H,2,5,8-10H2,1H3,(H,16,20)(H,18,19). The number of amides is 2. The molecule has 0 radical (unpaired) electrons. The minimum absolute atomic E-state index is 0.295. The molecule has 2 N–H and O–H groups in total. The summed E-state index contributed by atoms with van der Waals surface area (Å²) in [7, 11) is 0. The molecule has 1 aliphatic heterocycles. The number of nitrogens with zero attached hydrogens (tertiary/aromatic N) is 1. The van der Waals surface area contributed by atoms with Crippen molar-refractivity contribution in [2.45, 2.75) is 38.8 Å². The van der Waals surface area contributed by atoms with Gasteiger partial charge in [-0.1, -0.05) is 31.2 Å². The van der Waals surface area contributed by atoms with Crippen LogP contribution >= 0.6 is 0 Å². The Morgan fingerprint density at radius 2 is 2.05 bits per heavy atom. The molecule has 0 aliphatic carbocycles. The quantitative estimate of drug-likeness (QED) is 0.887. The molecule has 1 heterocycles. The minimum Gasteiger partial charge on any atom is -0.480 e. The number of aryl methyl sites for hydroxylation is 1. The van der Waals surface area contributed by atoms with E-state index in [0.717, 1.165) is 18.4 Å². The van der Waals surface area contributed by atoms with Gasteiger partial charge in [0.25, 0.3) is 0 Å². The highest BCUT2D eigenvalue weighted by molar-refractivity contribution is 5.82. The number of fused-ring (bicyclic) bond motifs is 1. The Morgan fingerprint density at radius 1 is 1.35 bits per heavy atom. The fourth-order valence-corrected chi connectivity index (χ4v) is 2.45. The average Bonchev–Trinajstić information content (AvgIpc) is 2.66. The Balaban J connectivity index is 2.06. The first-order chi connectivity index (χ1) is 9.61. The number of carbonyl (C=O) groups excluding carboxylic acids is 1. The molecule has 5 nitrogen and oxygen atoms in total. The SMILES string of the molecule is CCC(NC(=O)N1CCCc2ccccc2C1)C(=O)O. The second-order valence-electron chi connectivity index (χ2n) is 5.04. The number of hydrogen-bond acceptors (Lipinski definition) is 2. The molecule has 0 fully saturated rings. The number of hydrogen-bond donors (Lipinski definition) is 2. The first-order valence-electron chi connectivity index (χ1n) is 6.97. The smallest absolute Gasteiger partial charge is 0.326 e. The normalized spacial score (nSPS) is 15.9. The van der Waals surface area contributed by atoms with Crippen LogP contribution in [0.5, 0.6) is 0 Å². The molecule has 1 aliphatic rings.